The van der Waals surface area contributed by atoms with Gasteiger partial charge in [0.1, 0.15) is 0 Å². The predicted octanol–water partition coefficient (Wildman–Crippen LogP) is 2.24. The summed E-state index contributed by atoms with van der Waals surface area (Å²) in [5.41, 5.74) is 6.84. The highest BCUT2D eigenvalue weighted by molar-refractivity contribution is 9.10. The second-order valence-electron chi connectivity index (χ2n) is 4.88. The Morgan fingerprint density at radius 3 is 2.89 bits per heavy atom. The first-order chi connectivity index (χ1) is 8.69. The van der Waals surface area contributed by atoms with Crippen molar-refractivity contribution in [3.05, 3.63) is 34.3 Å². The summed E-state index contributed by atoms with van der Waals surface area (Å²) in [5.74, 6) is 0.724. The van der Waals surface area contributed by atoms with Crippen molar-refractivity contribution in [2.24, 2.45) is 11.7 Å². The molecular weight excluding hydrogens is 292 g/mol. The number of benzene rings is 1. The predicted molar refractivity (Wildman–Crippen MR) is 76.2 cm³/mol. The number of rotatable bonds is 6. The first-order valence-electron chi connectivity index (χ1n) is 6.43. The molecule has 0 aromatic heterocycles. The minimum atomic E-state index is 0.109. The average molecular weight is 311 g/mol. The fourth-order valence-electron chi connectivity index (χ4n) is 2.10. The molecule has 1 atom stereocenters. The topological polar surface area (TPSA) is 55.1 Å². The maximum atomic E-state index is 11.8. The van der Waals surface area contributed by atoms with Crippen molar-refractivity contribution in [3.8, 4) is 0 Å². The zero-order valence-electron chi connectivity index (χ0n) is 10.4. The number of nitrogens with two attached hydrogens (primary N) is 1. The minimum Gasteiger partial charge on any atom is -0.352 e. The van der Waals surface area contributed by atoms with E-state index in [1.165, 1.54) is 18.4 Å². The summed E-state index contributed by atoms with van der Waals surface area (Å²) in [5, 5.41) is 3.04. The molecule has 0 heterocycles. The molecule has 1 amide bonds. The lowest BCUT2D eigenvalue weighted by Gasteiger charge is -2.15. The number of carbonyl (C=O) groups excluding carboxylic acids is 1. The van der Waals surface area contributed by atoms with Crippen LogP contribution < -0.4 is 11.1 Å². The Bertz CT molecular complexity index is 418. The quantitative estimate of drug-likeness (QED) is 0.846. The molecule has 0 aliphatic heterocycles. The molecular formula is C14H19BrN2O. The van der Waals surface area contributed by atoms with Crippen molar-refractivity contribution in [1.82, 2.24) is 5.32 Å². The Kier molecular flexibility index (Phi) is 4.78. The van der Waals surface area contributed by atoms with Crippen LogP contribution in [-0.2, 0) is 11.2 Å². The second kappa shape index (κ2) is 6.34. The van der Waals surface area contributed by atoms with Gasteiger partial charge in [-0.25, -0.2) is 0 Å². The van der Waals surface area contributed by atoms with Gasteiger partial charge in [0.05, 0.1) is 0 Å². The van der Waals surface area contributed by atoms with E-state index in [9.17, 15) is 4.79 Å². The van der Waals surface area contributed by atoms with Gasteiger partial charge in [0.2, 0.25) is 5.91 Å². The largest absolute Gasteiger partial charge is 0.352 e. The van der Waals surface area contributed by atoms with E-state index in [1.807, 2.05) is 18.2 Å². The maximum absolute atomic E-state index is 11.8. The van der Waals surface area contributed by atoms with Gasteiger partial charge >= 0.3 is 0 Å². The molecule has 1 unspecified atom stereocenters. The molecule has 1 aromatic rings. The van der Waals surface area contributed by atoms with Crippen molar-refractivity contribution >= 4 is 21.8 Å². The molecule has 1 aromatic carbocycles. The van der Waals surface area contributed by atoms with Gasteiger partial charge in [0.15, 0.2) is 0 Å². The van der Waals surface area contributed by atoms with Crippen molar-refractivity contribution in [3.63, 3.8) is 0 Å². The molecule has 1 aliphatic carbocycles. The fraction of sp³-hybridized carbons (Fsp3) is 0.500. The van der Waals surface area contributed by atoms with E-state index in [0.29, 0.717) is 18.9 Å². The first-order valence-corrected chi connectivity index (χ1v) is 7.22. The minimum absolute atomic E-state index is 0.109. The number of nitrogens with one attached hydrogen (secondary N) is 1. The molecule has 3 nitrogen and oxygen atoms in total. The maximum Gasteiger partial charge on any atom is 0.220 e. The lowest BCUT2D eigenvalue weighted by Crippen LogP contribution is -2.41. The van der Waals surface area contributed by atoms with Gasteiger partial charge in [-0.05, 0) is 42.9 Å². The molecule has 0 radical (unpaired) electrons. The molecule has 3 N–H and O–H groups in total. The Morgan fingerprint density at radius 1 is 1.50 bits per heavy atom. The molecule has 18 heavy (non-hydrogen) atoms. The van der Waals surface area contributed by atoms with E-state index in [1.54, 1.807) is 0 Å². The highest BCUT2D eigenvalue weighted by Crippen LogP contribution is 2.32. The molecule has 1 fully saturated rings. The van der Waals surface area contributed by atoms with Crippen molar-refractivity contribution in [1.29, 1.82) is 0 Å². The normalized spacial score (nSPS) is 16.3. The fourth-order valence-corrected chi connectivity index (χ4v) is 2.54. The van der Waals surface area contributed by atoms with Crippen LogP contribution in [0.3, 0.4) is 0 Å². The first kappa shape index (κ1) is 13.6. The number of hydrogen-bond donors (Lipinski definition) is 2. The smallest absolute Gasteiger partial charge is 0.220 e. The summed E-state index contributed by atoms with van der Waals surface area (Å²) < 4.78 is 1.05. The molecule has 98 valence electrons. The van der Waals surface area contributed by atoms with Gasteiger partial charge in [-0.1, -0.05) is 28.1 Å². The summed E-state index contributed by atoms with van der Waals surface area (Å²) in [6, 6.07) is 8.25. The highest BCUT2D eigenvalue weighted by Gasteiger charge is 2.30. The summed E-state index contributed by atoms with van der Waals surface area (Å²) in [7, 11) is 0. The second-order valence-corrected chi connectivity index (χ2v) is 5.79. The SMILES string of the molecule is NCC(NC(=O)CCc1cccc(Br)c1)C1CC1. The van der Waals surface area contributed by atoms with Gasteiger partial charge in [-0.3, -0.25) is 4.79 Å². The van der Waals surface area contributed by atoms with Gasteiger partial charge in [0.25, 0.3) is 0 Å². The third-order valence-electron chi connectivity index (χ3n) is 3.32. The summed E-state index contributed by atoms with van der Waals surface area (Å²) in [4.78, 5) is 11.8. The van der Waals surface area contributed by atoms with E-state index in [-0.39, 0.29) is 11.9 Å². The number of aryl methyl sites for hydroxylation is 1. The summed E-state index contributed by atoms with van der Waals surface area (Å²) >= 11 is 3.43. The molecule has 0 spiro atoms. The van der Waals surface area contributed by atoms with Crippen LogP contribution in [0.2, 0.25) is 0 Å². The standard InChI is InChI=1S/C14H19BrN2O/c15-12-3-1-2-10(8-12)4-7-14(18)17-13(9-16)11-5-6-11/h1-3,8,11,13H,4-7,9,16H2,(H,17,18). The van der Waals surface area contributed by atoms with Crippen LogP contribution in [-0.4, -0.2) is 18.5 Å². The van der Waals surface area contributed by atoms with E-state index in [4.69, 9.17) is 5.73 Å². The highest BCUT2D eigenvalue weighted by atomic mass is 79.9. The monoisotopic (exact) mass is 310 g/mol. The molecule has 1 aliphatic rings. The Balaban J connectivity index is 1.77. The third kappa shape index (κ3) is 4.10. The van der Waals surface area contributed by atoms with Crippen LogP contribution in [0.15, 0.2) is 28.7 Å². The molecule has 1 saturated carbocycles. The van der Waals surface area contributed by atoms with Gasteiger partial charge in [0, 0.05) is 23.5 Å². The van der Waals surface area contributed by atoms with Gasteiger partial charge in [-0.2, -0.15) is 0 Å². The average Bonchev–Trinajstić information content (AvgIpc) is 3.18. The van der Waals surface area contributed by atoms with Crippen LogP contribution in [0, 0.1) is 5.92 Å². The van der Waals surface area contributed by atoms with E-state index >= 15 is 0 Å². The lowest BCUT2D eigenvalue weighted by atomic mass is 10.1. The van der Waals surface area contributed by atoms with E-state index in [0.717, 1.165) is 10.9 Å². The number of hydrogen-bond acceptors (Lipinski definition) is 2. The van der Waals surface area contributed by atoms with Crippen LogP contribution >= 0.6 is 15.9 Å². The van der Waals surface area contributed by atoms with Crippen LogP contribution in [0.5, 0.6) is 0 Å². The van der Waals surface area contributed by atoms with Gasteiger partial charge < -0.3 is 11.1 Å². The van der Waals surface area contributed by atoms with E-state index < -0.39 is 0 Å². The van der Waals surface area contributed by atoms with Crippen LogP contribution in [0.1, 0.15) is 24.8 Å². The van der Waals surface area contributed by atoms with Crippen LogP contribution in [0.25, 0.3) is 0 Å². The zero-order chi connectivity index (χ0) is 13.0. The number of halogens is 1. The molecule has 0 bridgehead atoms. The van der Waals surface area contributed by atoms with Crippen molar-refractivity contribution in [2.45, 2.75) is 31.7 Å². The Labute approximate surface area is 116 Å². The summed E-state index contributed by atoms with van der Waals surface area (Å²) in [6.45, 7) is 0.549. The Morgan fingerprint density at radius 2 is 2.28 bits per heavy atom. The molecule has 0 saturated heterocycles. The lowest BCUT2D eigenvalue weighted by molar-refractivity contribution is -0.121. The Hall–Kier alpha value is -0.870. The number of amides is 1. The zero-order valence-corrected chi connectivity index (χ0v) is 11.9. The summed E-state index contributed by atoms with van der Waals surface area (Å²) in [6.07, 6.45) is 3.70. The molecule has 4 heteroatoms. The van der Waals surface area contributed by atoms with Gasteiger partial charge in [-0.15, -0.1) is 0 Å². The molecule has 2 rings (SSSR count). The third-order valence-corrected chi connectivity index (χ3v) is 3.81. The van der Waals surface area contributed by atoms with Crippen LogP contribution in [0.4, 0.5) is 0 Å². The van der Waals surface area contributed by atoms with Crippen molar-refractivity contribution < 1.29 is 4.79 Å². The number of carbonyl (C=O) groups is 1. The van der Waals surface area contributed by atoms with Crippen molar-refractivity contribution in [2.75, 3.05) is 6.54 Å². The van der Waals surface area contributed by atoms with E-state index in [2.05, 4.69) is 27.3 Å².